The molecule has 1 unspecified atom stereocenters. The minimum atomic E-state index is -4.70. The van der Waals surface area contributed by atoms with Crippen molar-refractivity contribution in [2.75, 3.05) is 11.9 Å². The molecular weight excluding hydrogens is 247 g/mol. The Labute approximate surface area is 104 Å². The van der Waals surface area contributed by atoms with E-state index < -0.39 is 12.0 Å². The van der Waals surface area contributed by atoms with Crippen molar-refractivity contribution in [1.29, 1.82) is 0 Å². The molecule has 1 aromatic rings. The van der Waals surface area contributed by atoms with Crippen molar-refractivity contribution >= 4 is 5.69 Å². The lowest BCUT2D eigenvalue weighted by molar-refractivity contribution is -0.274. The molecule has 0 bridgehead atoms. The monoisotopic (exact) mass is 263 g/mol. The van der Waals surface area contributed by atoms with E-state index in [1.165, 1.54) is 18.2 Å². The number of aliphatic hydroxyl groups is 1. The fourth-order valence-electron chi connectivity index (χ4n) is 1.22. The lowest BCUT2D eigenvalue weighted by Gasteiger charge is -2.22. The molecule has 0 aliphatic rings. The van der Waals surface area contributed by atoms with E-state index in [4.69, 9.17) is 0 Å². The van der Waals surface area contributed by atoms with Gasteiger partial charge in [-0.2, -0.15) is 0 Å². The van der Waals surface area contributed by atoms with E-state index in [1.807, 2.05) is 6.92 Å². The predicted molar refractivity (Wildman–Crippen MR) is 62.5 cm³/mol. The maximum atomic E-state index is 12.0. The molecule has 0 heterocycles. The molecule has 0 spiro atoms. The first-order valence-corrected chi connectivity index (χ1v) is 5.54. The lowest BCUT2D eigenvalue weighted by Crippen LogP contribution is -2.32. The average molecular weight is 263 g/mol. The molecule has 0 fully saturated rings. The summed E-state index contributed by atoms with van der Waals surface area (Å²) in [6.07, 6.45) is -4.16. The molecule has 0 amide bonds. The van der Waals surface area contributed by atoms with Crippen molar-refractivity contribution in [2.24, 2.45) is 0 Å². The number of anilines is 1. The standard InChI is InChI=1S/C12H16F3NO2/c1-3-11(2,17)8-16-9-5-4-6-10(7-9)18-12(13,14)15/h4-7,16-17H,3,8H2,1-2H3. The van der Waals surface area contributed by atoms with E-state index >= 15 is 0 Å². The number of benzene rings is 1. The predicted octanol–water partition coefficient (Wildman–Crippen LogP) is 3.16. The fraction of sp³-hybridized carbons (Fsp3) is 0.500. The highest BCUT2D eigenvalue weighted by Crippen LogP contribution is 2.25. The number of halogens is 3. The quantitative estimate of drug-likeness (QED) is 0.857. The molecule has 1 rings (SSSR count). The van der Waals surface area contributed by atoms with Crippen molar-refractivity contribution in [2.45, 2.75) is 32.2 Å². The van der Waals surface area contributed by atoms with Crippen LogP contribution in [0.4, 0.5) is 18.9 Å². The van der Waals surface area contributed by atoms with Crippen molar-refractivity contribution < 1.29 is 23.0 Å². The first kappa shape index (κ1) is 14.6. The van der Waals surface area contributed by atoms with Crippen LogP contribution in [0.1, 0.15) is 20.3 Å². The molecule has 0 aliphatic carbocycles. The van der Waals surface area contributed by atoms with Gasteiger partial charge in [-0.3, -0.25) is 0 Å². The summed E-state index contributed by atoms with van der Waals surface area (Å²) in [5, 5.41) is 12.6. The van der Waals surface area contributed by atoms with Crippen molar-refractivity contribution in [1.82, 2.24) is 0 Å². The second-order valence-electron chi connectivity index (χ2n) is 4.28. The number of rotatable bonds is 5. The summed E-state index contributed by atoms with van der Waals surface area (Å²) in [6, 6.07) is 5.51. The third-order valence-corrected chi connectivity index (χ3v) is 2.50. The summed E-state index contributed by atoms with van der Waals surface area (Å²) in [4.78, 5) is 0. The Bertz CT molecular complexity index is 391. The van der Waals surface area contributed by atoms with Gasteiger partial charge in [-0.05, 0) is 25.5 Å². The van der Waals surface area contributed by atoms with Crippen molar-refractivity contribution in [3.8, 4) is 5.75 Å². The number of ether oxygens (including phenoxy) is 1. The van der Waals surface area contributed by atoms with Gasteiger partial charge in [0.25, 0.3) is 0 Å². The Hall–Kier alpha value is -1.43. The number of nitrogens with one attached hydrogen (secondary N) is 1. The van der Waals surface area contributed by atoms with Crippen molar-refractivity contribution in [3.05, 3.63) is 24.3 Å². The minimum absolute atomic E-state index is 0.249. The van der Waals surface area contributed by atoms with E-state index in [0.29, 0.717) is 12.1 Å². The molecular formula is C12H16F3NO2. The molecule has 2 N–H and O–H groups in total. The molecule has 3 nitrogen and oxygen atoms in total. The van der Waals surface area contributed by atoms with Crippen LogP contribution in [-0.4, -0.2) is 23.6 Å². The Morgan fingerprint density at radius 1 is 1.33 bits per heavy atom. The normalized spacial score (nSPS) is 15.0. The average Bonchev–Trinajstić information content (AvgIpc) is 2.25. The van der Waals surface area contributed by atoms with Crippen LogP contribution in [0.5, 0.6) is 5.75 Å². The van der Waals surface area contributed by atoms with E-state index in [-0.39, 0.29) is 12.3 Å². The van der Waals surface area contributed by atoms with Gasteiger partial charge >= 0.3 is 6.36 Å². The Morgan fingerprint density at radius 2 is 2.00 bits per heavy atom. The number of hydrogen-bond donors (Lipinski definition) is 2. The van der Waals surface area contributed by atoms with E-state index in [9.17, 15) is 18.3 Å². The number of hydrogen-bond acceptors (Lipinski definition) is 3. The molecule has 0 aromatic heterocycles. The molecule has 1 atom stereocenters. The van der Waals surface area contributed by atoms with Crippen LogP contribution in [0.2, 0.25) is 0 Å². The third-order valence-electron chi connectivity index (χ3n) is 2.50. The lowest BCUT2D eigenvalue weighted by atomic mass is 10.0. The van der Waals surface area contributed by atoms with Gasteiger partial charge in [0.1, 0.15) is 5.75 Å². The van der Waals surface area contributed by atoms with E-state index in [0.717, 1.165) is 0 Å². The maximum Gasteiger partial charge on any atom is 0.573 e. The molecule has 0 radical (unpaired) electrons. The van der Waals surface area contributed by atoms with Crippen LogP contribution < -0.4 is 10.1 Å². The Balaban J connectivity index is 2.65. The van der Waals surface area contributed by atoms with E-state index in [1.54, 1.807) is 13.0 Å². The highest BCUT2D eigenvalue weighted by molar-refractivity contribution is 5.48. The molecule has 18 heavy (non-hydrogen) atoms. The summed E-state index contributed by atoms with van der Waals surface area (Å²) in [7, 11) is 0. The summed E-state index contributed by atoms with van der Waals surface area (Å²) >= 11 is 0. The maximum absolute atomic E-state index is 12.0. The summed E-state index contributed by atoms with van der Waals surface area (Å²) in [6.45, 7) is 3.72. The van der Waals surface area contributed by atoms with Gasteiger partial charge in [0, 0.05) is 18.3 Å². The smallest absolute Gasteiger partial charge is 0.406 e. The first-order chi connectivity index (χ1) is 8.22. The van der Waals surface area contributed by atoms with Gasteiger partial charge in [-0.1, -0.05) is 13.0 Å². The topological polar surface area (TPSA) is 41.5 Å². The zero-order valence-corrected chi connectivity index (χ0v) is 10.2. The molecule has 0 saturated carbocycles. The SMILES string of the molecule is CCC(C)(O)CNc1cccc(OC(F)(F)F)c1. The zero-order valence-electron chi connectivity index (χ0n) is 10.2. The summed E-state index contributed by atoms with van der Waals surface area (Å²) < 4.78 is 39.9. The fourth-order valence-corrected chi connectivity index (χ4v) is 1.22. The van der Waals surface area contributed by atoms with Crippen LogP contribution in [0.25, 0.3) is 0 Å². The Kier molecular flexibility index (Phi) is 4.45. The second kappa shape index (κ2) is 5.48. The molecule has 1 aromatic carbocycles. The van der Waals surface area contributed by atoms with Crippen LogP contribution in [0.15, 0.2) is 24.3 Å². The van der Waals surface area contributed by atoms with Crippen molar-refractivity contribution in [3.63, 3.8) is 0 Å². The third kappa shape index (κ3) is 5.27. The number of alkyl halides is 3. The second-order valence-corrected chi connectivity index (χ2v) is 4.28. The molecule has 102 valence electrons. The van der Waals surface area contributed by atoms with Gasteiger partial charge in [0.05, 0.1) is 5.60 Å². The highest BCUT2D eigenvalue weighted by Gasteiger charge is 2.31. The van der Waals surface area contributed by atoms with Gasteiger partial charge < -0.3 is 15.2 Å². The largest absolute Gasteiger partial charge is 0.573 e. The highest BCUT2D eigenvalue weighted by atomic mass is 19.4. The Morgan fingerprint density at radius 3 is 2.56 bits per heavy atom. The van der Waals surface area contributed by atoms with Gasteiger partial charge in [-0.15, -0.1) is 13.2 Å². The summed E-state index contributed by atoms with van der Waals surface area (Å²) in [5.41, 5.74) is -0.438. The van der Waals surface area contributed by atoms with Gasteiger partial charge in [0.2, 0.25) is 0 Å². The molecule has 6 heteroatoms. The first-order valence-electron chi connectivity index (χ1n) is 5.54. The van der Waals surface area contributed by atoms with Gasteiger partial charge in [0.15, 0.2) is 0 Å². The van der Waals surface area contributed by atoms with Crippen LogP contribution in [0, 0.1) is 0 Å². The summed E-state index contributed by atoms with van der Waals surface area (Å²) in [5.74, 6) is -0.288. The van der Waals surface area contributed by atoms with Crippen LogP contribution in [0.3, 0.4) is 0 Å². The minimum Gasteiger partial charge on any atom is -0.406 e. The van der Waals surface area contributed by atoms with Gasteiger partial charge in [-0.25, -0.2) is 0 Å². The molecule has 0 aliphatic heterocycles. The van der Waals surface area contributed by atoms with Crippen LogP contribution >= 0.6 is 0 Å². The van der Waals surface area contributed by atoms with E-state index in [2.05, 4.69) is 10.1 Å². The molecule has 0 saturated heterocycles. The van der Waals surface area contributed by atoms with Crippen LogP contribution in [-0.2, 0) is 0 Å². The zero-order chi connectivity index (χ0) is 13.8.